The van der Waals surface area contributed by atoms with E-state index in [2.05, 4.69) is 121 Å². The average molecular weight is 1200 g/mol. The topological polar surface area (TPSA) is 24.9 Å². The molecule has 0 N–H and O–H groups in total. The number of rotatable bonds is 0. The molecule has 0 aromatic heterocycles. The van der Waals surface area contributed by atoms with Gasteiger partial charge in [0.15, 0.2) is 0 Å². The van der Waals surface area contributed by atoms with E-state index in [1.165, 1.54) is 33.4 Å². The van der Waals surface area contributed by atoms with Gasteiger partial charge in [-0.2, -0.15) is 0 Å². The quantitative estimate of drug-likeness (QED) is 0.141. The van der Waals surface area contributed by atoms with Crippen molar-refractivity contribution in [1.29, 1.82) is 0 Å². The molecule has 0 saturated carbocycles. The molecule has 8 aliphatic heterocycles. The maximum absolute atomic E-state index is 6.92. The first-order chi connectivity index (χ1) is 47.6. The summed E-state index contributed by atoms with van der Waals surface area (Å²) in [6, 6.07) is 37.8. The van der Waals surface area contributed by atoms with Crippen molar-refractivity contribution in [3.8, 4) is 22.6 Å². The third kappa shape index (κ3) is 2.57. The third-order valence-corrected chi connectivity index (χ3v) is 32.7. The maximum atomic E-state index is 6.92. The van der Waals surface area contributed by atoms with Crippen LogP contribution in [0.25, 0.3) is 270 Å². The molecule has 4 spiro atoms. The second-order valence-electron chi connectivity index (χ2n) is 34.2. The molecule has 16 aliphatic rings. The molecular weight excluding hydrogens is 1170 g/mol. The SMILES string of the molecule is CN1CC23c4c5c6c7c8c9c%10c%11c%12c%13c%14c%15c%16c%17c%18c%19c9c6c6c%18c9c%17c%17c%15c%15c%18c%14c%14c%12c%12c%11c8c(c8c%11c2c2c4c4c(c56)c9c5c4c4c2c2c%11c(c8%12)c%14c%18c2c4c%15c%175)C73[C@@H]1c1ccc(cc1)OCc1ccc(cc1)-c1ccc(cc1)COc1ccc(cc1)[C@@H]1N(C)CC%13%16C%10%191. The average Bonchev–Trinajstić information content (AvgIpc) is 1.37. The molecule has 8 aliphatic carbocycles. The molecule has 0 amide bonds. The van der Waals surface area contributed by atoms with E-state index in [1.807, 2.05) is 0 Å². The lowest BCUT2D eigenvalue weighted by Crippen LogP contribution is -2.52. The van der Waals surface area contributed by atoms with Crippen LogP contribution < -0.4 is 9.47 Å². The molecule has 4 nitrogen and oxygen atoms in total. The van der Waals surface area contributed by atoms with Crippen molar-refractivity contribution in [1.82, 2.24) is 9.80 Å². The zero-order chi connectivity index (χ0) is 58.8. The molecule has 2 saturated heterocycles. The smallest absolute Gasteiger partial charge is 0.119 e. The van der Waals surface area contributed by atoms with Crippen LogP contribution in [-0.4, -0.2) is 37.0 Å². The Morgan fingerprint density at radius 1 is 0.240 bits per heavy atom. The molecule has 4 unspecified atom stereocenters. The number of fused-ring (bicyclic) bond motifs is 2. The summed E-state index contributed by atoms with van der Waals surface area (Å²) in [5, 5.41) is 79.8. The first kappa shape index (κ1) is 40.4. The van der Waals surface area contributed by atoms with Crippen LogP contribution in [0.2, 0.25) is 0 Å². The number of nitrogens with zero attached hydrogens (tertiary/aromatic N) is 2. The van der Waals surface area contributed by atoms with Gasteiger partial charge in [-0.15, -0.1) is 0 Å². The van der Waals surface area contributed by atoms with Crippen LogP contribution in [0.4, 0.5) is 0 Å². The predicted molar refractivity (Wildman–Crippen MR) is 391 cm³/mol. The van der Waals surface area contributed by atoms with Crippen molar-refractivity contribution in [2.75, 3.05) is 27.2 Å². The summed E-state index contributed by atoms with van der Waals surface area (Å²) < 4.78 is 13.8. The Kier molecular flexibility index (Phi) is 4.28. The van der Waals surface area contributed by atoms with Gasteiger partial charge in [-0.3, -0.25) is 9.80 Å². The van der Waals surface area contributed by atoms with Gasteiger partial charge in [0.05, 0.1) is 21.7 Å². The number of benzene rings is 20. The van der Waals surface area contributed by atoms with Gasteiger partial charge >= 0.3 is 0 Å². The van der Waals surface area contributed by atoms with Gasteiger partial charge in [-0.05, 0) is 375 Å². The first-order valence-electron chi connectivity index (χ1n) is 35.6. The van der Waals surface area contributed by atoms with E-state index in [4.69, 9.17) is 9.47 Å². The largest absolute Gasteiger partial charge is 0.489 e. The van der Waals surface area contributed by atoms with Crippen LogP contribution >= 0.6 is 0 Å². The zero-order valence-corrected chi connectivity index (χ0v) is 50.9. The van der Waals surface area contributed by atoms with E-state index in [-0.39, 0.29) is 22.9 Å². The Hall–Kier alpha value is -10.9. The Bertz CT molecular complexity index is 8490. The minimum atomic E-state index is -0.445. The van der Waals surface area contributed by atoms with Gasteiger partial charge in [0, 0.05) is 25.2 Å². The standard InChI is InChI=1S/C92H32N2O2/c1-93-21-89-79-63-51-39-31-32-36-33-37-45-53(41(33)39)65(63)81(89)69-57(45)49-60-48(37)56-44(36)52-40(32)42-34-35(31)43(51)55-47-38(34)46-54(42)66-64(52)80-68(56)72(60)84-76-61(49)73(69)85-77-75-62-50-58(46)70-74(62)86(78(76)77)92(84)88(94(2)22-90(80,92)82(66)70)28-13-17-30(18-14-28)96-20-24-5-9-26(10-6-24)25-7-3-23(4-8-25)19-95-29-15-11-27(12-16-29)87(93)91(85,89)83(75)71(59(47)50)67(55)79/h3-18,87-88H,19-22H2,1-2H3/t87-,88-,89?,90?,91?,92?/m0/s1. The van der Waals surface area contributed by atoms with Gasteiger partial charge in [0.2, 0.25) is 0 Å². The van der Waals surface area contributed by atoms with Crippen molar-refractivity contribution in [3.63, 3.8) is 0 Å². The molecule has 2 fully saturated rings. The highest BCUT2D eigenvalue weighted by Gasteiger charge is 2.80. The molecule has 28 aromatic rings. The fourth-order valence-corrected chi connectivity index (χ4v) is 32.0. The number of ether oxygens (including phenoxy) is 2. The van der Waals surface area contributed by atoms with Crippen LogP contribution in [0, 0.1) is 0 Å². The zero-order valence-electron chi connectivity index (χ0n) is 50.9. The molecule has 422 valence electrons. The Morgan fingerprint density at radius 2 is 0.438 bits per heavy atom. The number of likely N-dealkylation sites (N-methyl/N-ethyl adjacent to an activating group) is 2. The number of hydrogen-bond donors (Lipinski definition) is 0. The molecule has 28 aromatic carbocycles. The highest BCUT2D eigenvalue weighted by molar-refractivity contribution is 6.78. The Morgan fingerprint density at radius 3 is 0.677 bits per heavy atom. The monoisotopic (exact) mass is 1200 g/mol. The van der Waals surface area contributed by atoms with Gasteiger partial charge in [-0.1, -0.05) is 72.8 Å². The van der Waals surface area contributed by atoms with E-state index in [9.17, 15) is 0 Å². The van der Waals surface area contributed by atoms with E-state index in [0.29, 0.717) is 13.2 Å². The van der Waals surface area contributed by atoms with Crippen LogP contribution in [0.1, 0.15) is 78.8 Å². The summed E-state index contributed by atoms with van der Waals surface area (Å²) in [5.74, 6) is 1.87. The molecule has 4 heteroatoms. The minimum Gasteiger partial charge on any atom is -0.489 e. The summed E-state index contributed by atoms with van der Waals surface area (Å²) in [4.78, 5) is 5.93. The normalized spacial score (nSPS) is 26.1. The predicted octanol–water partition coefficient (Wildman–Crippen LogP) is 21.4. The molecule has 0 radical (unpaired) electrons. The fraction of sp³-hybridized carbons (Fsp3) is 0.130. The summed E-state index contributed by atoms with van der Waals surface area (Å²) in [6.07, 6.45) is 0. The molecule has 6 atom stereocenters. The highest BCUT2D eigenvalue weighted by atomic mass is 16.5. The van der Waals surface area contributed by atoms with Crippen LogP contribution in [0.15, 0.2) is 97.1 Å². The van der Waals surface area contributed by atoms with E-state index < -0.39 is 10.8 Å². The lowest BCUT2D eigenvalue weighted by Gasteiger charge is -2.52. The number of likely N-dealkylation sites (tertiary alicyclic amines) is 2. The first-order valence-corrected chi connectivity index (χ1v) is 35.6. The minimum absolute atomic E-state index is 0.0457. The molecule has 44 rings (SSSR count). The van der Waals surface area contributed by atoms with Gasteiger partial charge < -0.3 is 9.47 Å². The van der Waals surface area contributed by atoms with Crippen LogP contribution in [0.5, 0.6) is 11.5 Å². The molecule has 8 heterocycles. The lowest BCUT2D eigenvalue weighted by atomic mass is 9.47. The fourth-order valence-electron chi connectivity index (χ4n) is 32.0. The van der Waals surface area contributed by atoms with Gasteiger partial charge in [0.1, 0.15) is 24.7 Å². The second-order valence-corrected chi connectivity index (χ2v) is 34.2. The van der Waals surface area contributed by atoms with Crippen molar-refractivity contribution < 1.29 is 9.47 Å². The van der Waals surface area contributed by atoms with E-state index in [1.54, 1.807) is 303 Å². The third-order valence-electron chi connectivity index (χ3n) is 32.7. The second kappa shape index (κ2) is 10.2. The lowest BCUT2D eigenvalue weighted by molar-refractivity contribution is 0.270. The highest BCUT2D eigenvalue weighted by Crippen LogP contribution is 2.90. The van der Waals surface area contributed by atoms with Crippen molar-refractivity contribution in [2.45, 2.75) is 47.0 Å². The van der Waals surface area contributed by atoms with Crippen molar-refractivity contribution >= 4 is 259 Å². The van der Waals surface area contributed by atoms with E-state index in [0.717, 1.165) is 24.6 Å². The summed E-state index contributed by atoms with van der Waals surface area (Å²) in [7, 11) is 5.18. The van der Waals surface area contributed by atoms with Crippen molar-refractivity contribution in [3.05, 3.63) is 164 Å². The summed E-state index contributed by atoms with van der Waals surface area (Å²) in [6.45, 7) is 2.99. The Labute approximate surface area is 535 Å². The summed E-state index contributed by atoms with van der Waals surface area (Å²) >= 11 is 0. The molecule has 96 heavy (non-hydrogen) atoms. The van der Waals surface area contributed by atoms with E-state index >= 15 is 0 Å². The van der Waals surface area contributed by atoms with Gasteiger partial charge in [-0.25, -0.2) is 0 Å². The van der Waals surface area contributed by atoms with Crippen LogP contribution in [0.3, 0.4) is 0 Å². The maximum Gasteiger partial charge on any atom is 0.119 e. The van der Waals surface area contributed by atoms with Gasteiger partial charge in [0.25, 0.3) is 0 Å². The van der Waals surface area contributed by atoms with Crippen molar-refractivity contribution in [2.24, 2.45) is 0 Å². The number of hydrogen-bond acceptors (Lipinski definition) is 4. The summed E-state index contributed by atoms with van der Waals surface area (Å²) in [5.41, 5.74) is 20.0. The molecular formula is C92H32N2O2. The Balaban J connectivity index is 0.858. The van der Waals surface area contributed by atoms with Crippen LogP contribution in [-0.2, 0) is 34.9 Å². The molecule has 14 bridgehead atoms.